The first kappa shape index (κ1) is 27.3. The van der Waals surface area contributed by atoms with Crippen molar-refractivity contribution in [3.05, 3.63) is 0 Å². The molecule has 2 rings (SSSR count). The van der Waals surface area contributed by atoms with E-state index in [-0.39, 0.29) is 25.4 Å². The molecule has 0 spiro atoms. The fourth-order valence-corrected chi connectivity index (χ4v) is 6.14. The lowest BCUT2D eigenvalue weighted by Crippen LogP contribution is -2.95. The molecule has 0 bridgehead atoms. The molecule has 2 saturated carbocycles. The normalized spacial score (nSPS) is 19.6. The average Bonchev–Trinajstić information content (AvgIpc) is 2.74. The number of quaternary nitrogens is 1. The van der Waals surface area contributed by atoms with Crippen LogP contribution in [-0.2, 0) is 23.2 Å². The molecule has 7 nitrogen and oxygen atoms in total. The van der Waals surface area contributed by atoms with Gasteiger partial charge in [0.05, 0.1) is 31.3 Å². The molecule has 0 radical (unpaired) electrons. The summed E-state index contributed by atoms with van der Waals surface area (Å²) in [5, 5.41) is 13.7. The first-order valence-corrected chi connectivity index (χ1v) is 13.4. The lowest BCUT2D eigenvalue weighted by molar-refractivity contribution is -0.725. The van der Waals surface area contributed by atoms with Gasteiger partial charge in [0.2, 0.25) is 0 Å². The highest BCUT2D eigenvalue weighted by Crippen LogP contribution is 2.54. The van der Waals surface area contributed by atoms with E-state index in [1.807, 2.05) is 0 Å². The molecule has 0 aliphatic heterocycles. The molecule has 2 fully saturated rings. The number of carboxylic acids is 1. The summed E-state index contributed by atoms with van der Waals surface area (Å²) in [6.45, 7) is 4.82. The van der Waals surface area contributed by atoms with E-state index < -0.39 is 25.6 Å². The van der Waals surface area contributed by atoms with Gasteiger partial charge in [-0.2, -0.15) is 0 Å². The Kier molecular flexibility index (Phi) is 13.7. The first-order valence-electron chi connectivity index (χ1n) is 11.8. The Morgan fingerprint density at radius 2 is 1.33 bits per heavy atom. The Morgan fingerprint density at radius 1 is 0.900 bits per heavy atom. The third kappa shape index (κ3) is 10.0. The molecule has 2 aliphatic rings. The largest absolute Gasteiger partial charge is 0.549 e. The number of carboxylic acid groups (broad SMARTS) is 1. The van der Waals surface area contributed by atoms with Crippen molar-refractivity contribution in [1.29, 1.82) is 0 Å². The fourth-order valence-electron chi connectivity index (χ4n) is 4.30. The molecule has 2 aliphatic carbocycles. The molecule has 8 heteroatoms. The molecule has 30 heavy (non-hydrogen) atoms. The number of aliphatic carboxylic acids is 1. The monoisotopic (exact) mass is 447 g/mol. The van der Waals surface area contributed by atoms with Crippen molar-refractivity contribution in [3.63, 3.8) is 0 Å². The van der Waals surface area contributed by atoms with Crippen LogP contribution in [0.15, 0.2) is 0 Å². The van der Waals surface area contributed by atoms with Gasteiger partial charge in [0.1, 0.15) is 11.4 Å². The Morgan fingerprint density at radius 3 is 1.67 bits per heavy atom. The van der Waals surface area contributed by atoms with E-state index in [2.05, 4.69) is 5.32 Å². The average molecular weight is 448 g/mol. The van der Waals surface area contributed by atoms with Crippen LogP contribution in [-0.4, -0.2) is 42.7 Å². The van der Waals surface area contributed by atoms with Gasteiger partial charge in [-0.25, -0.2) is 0 Å². The zero-order valence-corrected chi connectivity index (χ0v) is 20.0. The zero-order chi connectivity index (χ0) is 22.4. The van der Waals surface area contributed by atoms with Gasteiger partial charge in [0, 0.05) is 12.8 Å². The second-order valence-electron chi connectivity index (χ2n) is 8.30. The Bertz CT molecular complexity index is 518. The summed E-state index contributed by atoms with van der Waals surface area (Å²) in [6.07, 6.45) is 14.7. The quantitative estimate of drug-likeness (QED) is 0.488. The molecular formula is C22H42NO6P. The van der Waals surface area contributed by atoms with E-state index in [9.17, 15) is 19.3 Å². The third-order valence-corrected chi connectivity index (χ3v) is 8.32. The smallest absolute Gasteiger partial charge is 0.339 e. The predicted molar refractivity (Wildman–Crippen MR) is 115 cm³/mol. The number of carbonyl (C=O) groups excluding carboxylic acids is 2. The summed E-state index contributed by atoms with van der Waals surface area (Å²) in [7, 11) is -3.84. The van der Waals surface area contributed by atoms with E-state index in [1.54, 1.807) is 20.8 Å². The molecule has 0 saturated heterocycles. The Hall–Kier alpha value is -0.750. The summed E-state index contributed by atoms with van der Waals surface area (Å²) in [4.78, 5) is 22.2. The highest BCUT2D eigenvalue weighted by atomic mass is 31.2. The van der Waals surface area contributed by atoms with Gasteiger partial charge < -0.3 is 24.3 Å². The van der Waals surface area contributed by atoms with E-state index in [4.69, 9.17) is 9.05 Å². The van der Waals surface area contributed by atoms with Gasteiger partial charge in [0.25, 0.3) is 0 Å². The van der Waals surface area contributed by atoms with Crippen LogP contribution in [0.1, 0.15) is 97.8 Å². The number of nitrogens with two attached hydrogens (primary N) is 1. The molecule has 1 unspecified atom stereocenters. The maximum atomic E-state index is 12.2. The summed E-state index contributed by atoms with van der Waals surface area (Å²) < 4.78 is 22.0. The Labute approximate surface area is 182 Å². The van der Waals surface area contributed by atoms with Crippen molar-refractivity contribution in [2.45, 2.75) is 116 Å². The summed E-state index contributed by atoms with van der Waals surface area (Å²) in [6, 6.07) is 1.99. The zero-order valence-electron chi connectivity index (χ0n) is 19.1. The highest BCUT2D eigenvalue weighted by molar-refractivity contribution is 7.55. The van der Waals surface area contributed by atoms with Gasteiger partial charge in [0.15, 0.2) is 0 Å². The summed E-state index contributed by atoms with van der Waals surface area (Å²) in [5.41, 5.74) is -1.53. The lowest BCUT2D eigenvalue weighted by Gasteiger charge is -2.27. The number of carbonyl (C=O) groups is 2. The van der Waals surface area contributed by atoms with Crippen molar-refractivity contribution >= 4 is 19.3 Å². The van der Waals surface area contributed by atoms with Crippen molar-refractivity contribution in [1.82, 2.24) is 0 Å². The van der Waals surface area contributed by atoms with Gasteiger partial charge in [-0.3, -0.25) is 9.36 Å². The van der Waals surface area contributed by atoms with E-state index >= 15 is 0 Å². The molecule has 0 aromatic rings. The van der Waals surface area contributed by atoms with Crippen LogP contribution in [0.25, 0.3) is 0 Å². The molecular weight excluding hydrogens is 405 g/mol. The number of hydrogen-bond acceptors (Lipinski definition) is 6. The maximum absolute atomic E-state index is 12.2. The van der Waals surface area contributed by atoms with Crippen LogP contribution in [0.4, 0.5) is 0 Å². The third-order valence-electron chi connectivity index (χ3n) is 5.93. The van der Waals surface area contributed by atoms with Gasteiger partial charge >= 0.3 is 7.60 Å². The molecule has 1 atom stereocenters. The number of Topliss-reactive ketones (excluding diaryl/α,β-unsaturated/α-hetero) is 1. The highest BCUT2D eigenvalue weighted by Gasteiger charge is 2.37. The van der Waals surface area contributed by atoms with Crippen LogP contribution < -0.4 is 10.4 Å². The number of rotatable bonds is 11. The first-order chi connectivity index (χ1) is 14.4. The molecule has 0 aromatic heterocycles. The van der Waals surface area contributed by atoms with Gasteiger partial charge in [-0.1, -0.05) is 19.8 Å². The fraction of sp³-hybridized carbons (Fsp3) is 0.909. The minimum atomic E-state index is -3.84. The van der Waals surface area contributed by atoms with Crippen LogP contribution in [0.5, 0.6) is 0 Å². The lowest BCUT2D eigenvalue weighted by atomic mass is 9.91. The standard InChI is InChI=1S/C12H23N.C10H19O6P/c1-3-7-11(8-4-1)13-12-9-5-2-6-10-12;1-4-8(11)7-9(10(12)13)17(14,15-5-2)16-6-3/h11-13H,1-10H2;9H,4-7H2,1-3H3,(H,12,13). The maximum Gasteiger partial charge on any atom is 0.339 e. The van der Waals surface area contributed by atoms with Crippen molar-refractivity contribution in [2.24, 2.45) is 0 Å². The van der Waals surface area contributed by atoms with E-state index in [0.717, 1.165) is 12.1 Å². The minimum absolute atomic E-state index is 0.0430. The van der Waals surface area contributed by atoms with Crippen molar-refractivity contribution < 1.29 is 33.6 Å². The van der Waals surface area contributed by atoms with Crippen LogP contribution in [0, 0.1) is 0 Å². The van der Waals surface area contributed by atoms with Crippen LogP contribution >= 0.6 is 7.60 Å². The van der Waals surface area contributed by atoms with Gasteiger partial charge in [-0.15, -0.1) is 0 Å². The van der Waals surface area contributed by atoms with Crippen molar-refractivity contribution in [3.8, 4) is 0 Å². The Balaban J connectivity index is 0.000000308. The SMILES string of the molecule is C1CCC([NH2+]C2CCCCC2)CC1.CCOP(=O)(OCC)C(CC(=O)CC)C(=O)[O-]. The predicted octanol–water partition coefficient (Wildman–Crippen LogP) is 2.96. The van der Waals surface area contributed by atoms with E-state index in [1.165, 1.54) is 64.2 Å². The molecule has 176 valence electrons. The molecule has 0 amide bonds. The topological polar surface area (TPSA) is 109 Å². The minimum Gasteiger partial charge on any atom is -0.549 e. The summed E-state index contributed by atoms with van der Waals surface area (Å²) in [5.74, 6) is -1.91. The molecule has 2 N–H and O–H groups in total. The van der Waals surface area contributed by atoms with Crippen molar-refractivity contribution in [2.75, 3.05) is 13.2 Å². The van der Waals surface area contributed by atoms with Gasteiger partial charge in [-0.05, 0) is 65.2 Å². The van der Waals surface area contributed by atoms with E-state index in [0.29, 0.717) is 0 Å². The number of hydrogen-bond donors (Lipinski definition) is 1. The second-order valence-corrected chi connectivity index (χ2v) is 10.5. The number of ketones is 1. The molecule has 0 heterocycles. The molecule has 0 aromatic carbocycles. The van der Waals surface area contributed by atoms with Crippen LogP contribution in [0.2, 0.25) is 0 Å². The summed E-state index contributed by atoms with van der Waals surface area (Å²) >= 11 is 0. The van der Waals surface area contributed by atoms with Crippen LogP contribution in [0.3, 0.4) is 0 Å². The second kappa shape index (κ2) is 15.1.